The Morgan fingerprint density at radius 1 is 1.12 bits per heavy atom. The number of hydrogen-bond acceptors (Lipinski definition) is 5. The number of aryl methyl sites for hydroxylation is 3. The zero-order chi connectivity index (χ0) is 18.1. The van der Waals surface area contributed by atoms with E-state index in [0.717, 1.165) is 33.8 Å². The second-order valence-electron chi connectivity index (χ2n) is 6.10. The van der Waals surface area contributed by atoms with Crippen molar-refractivity contribution < 1.29 is 4.79 Å². The number of nitrogens with zero attached hydrogens (tertiary/aromatic N) is 4. The third-order valence-corrected chi connectivity index (χ3v) is 5.29. The van der Waals surface area contributed by atoms with Crippen LogP contribution in [0.4, 0.5) is 5.69 Å². The minimum Gasteiger partial charge on any atom is -0.325 e. The van der Waals surface area contributed by atoms with Crippen LogP contribution in [-0.4, -0.2) is 31.2 Å². The number of nitrogens with one attached hydrogen (secondary N) is 1. The summed E-state index contributed by atoms with van der Waals surface area (Å²) in [5, 5.41) is 7.95. The second-order valence-corrected chi connectivity index (χ2v) is 7.04. The Morgan fingerprint density at radius 3 is 2.64 bits per heavy atom. The Morgan fingerprint density at radius 2 is 1.88 bits per heavy atom. The molecule has 0 radical (unpaired) electrons. The highest BCUT2D eigenvalue weighted by atomic mass is 32.2. The second kappa shape index (κ2) is 6.84. The first kappa shape index (κ1) is 17.4. The number of amides is 1. The average Bonchev–Trinajstić information content (AvgIpc) is 2.98. The minimum absolute atomic E-state index is 0.0744. The largest absolute Gasteiger partial charge is 0.325 e. The molecule has 0 aliphatic rings. The monoisotopic (exact) mass is 355 g/mol. The van der Waals surface area contributed by atoms with Gasteiger partial charge in [-0.2, -0.15) is 4.98 Å². The molecule has 130 valence electrons. The number of fused-ring (bicyclic) bond motifs is 1. The molecule has 1 amide bonds. The smallest absolute Gasteiger partial charge is 0.253 e. The van der Waals surface area contributed by atoms with E-state index in [2.05, 4.69) is 20.4 Å². The van der Waals surface area contributed by atoms with Crippen LogP contribution in [-0.2, 0) is 4.79 Å². The van der Waals surface area contributed by atoms with E-state index in [1.807, 2.05) is 52.8 Å². The molecular weight excluding hydrogens is 334 g/mol. The number of carbonyl (C=O) groups excluding carboxylic acids is 1. The van der Waals surface area contributed by atoms with Gasteiger partial charge in [0, 0.05) is 17.1 Å². The third-order valence-electron chi connectivity index (χ3n) is 4.45. The highest BCUT2D eigenvalue weighted by Crippen LogP contribution is 2.20. The van der Waals surface area contributed by atoms with Crippen molar-refractivity contribution in [2.75, 3.05) is 11.1 Å². The SMILES string of the molecule is Cc1cccc(NC(=O)CSc2nc3nc(C)c(C)c(C)n3n2)c1C. The fraction of sp³-hybridized carbons (Fsp3) is 0.333. The Balaban J connectivity index is 1.71. The normalized spacial score (nSPS) is 11.1. The summed E-state index contributed by atoms with van der Waals surface area (Å²) in [7, 11) is 0. The van der Waals surface area contributed by atoms with Crippen LogP contribution < -0.4 is 5.32 Å². The number of thioether (sulfide) groups is 1. The number of hydrogen-bond donors (Lipinski definition) is 1. The van der Waals surface area contributed by atoms with Gasteiger partial charge < -0.3 is 5.32 Å². The highest BCUT2D eigenvalue weighted by molar-refractivity contribution is 7.99. The molecule has 3 rings (SSSR count). The quantitative estimate of drug-likeness (QED) is 0.726. The lowest BCUT2D eigenvalue weighted by molar-refractivity contribution is -0.113. The lowest BCUT2D eigenvalue weighted by Crippen LogP contribution is -2.15. The van der Waals surface area contributed by atoms with E-state index in [0.29, 0.717) is 10.9 Å². The number of benzene rings is 1. The molecule has 0 unspecified atom stereocenters. The highest BCUT2D eigenvalue weighted by Gasteiger charge is 2.13. The molecule has 0 fully saturated rings. The topological polar surface area (TPSA) is 72.2 Å². The van der Waals surface area contributed by atoms with Gasteiger partial charge in [0.1, 0.15) is 0 Å². The number of carbonyl (C=O) groups is 1. The standard InChI is InChI=1S/C18H21N5OS/c1-10-7-6-8-15(11(10)2)20-16(24)9-25-18-21-17-19-13(4)12(3)14(5)23(17)22-18/h6-8H,9H2,1-5H3,(H,20,24). The minimum atomic E-state index is -0.0744. The first-order valence-electron chi connectivity index (χ1n) is 8.06. The molecule has 2 aromatic heterocycles. The van der Waals surface area contributed by atoms with Crippen LogP contribution in [0.5, 0.6) is 0 Å². The predicted molar refractivity (Wildman–Crippen MR) is 100 cm³/mol. The molecule has 0 saturated heterocycles. The molecule has 0 aliphatic carbocycles. The van der Waals surface area contributed by atoms with Crippen LogP contribution in [0, 0.1) is 34.6 Å². The Hall–Kier alpha value is -2.41. The van der Waals surface area contributed by atoms with Crippen molar-refractivity contribution in [3.8, 4) is 0 Å². The van der Waals surface area contributed by atoms with Crippen LogP contribution >= 0.6 is 11.8 Å². The molecule has 0 saturated carbocycles. The van der Waals surface area contributed by atoms with Gasteiger partial charge in [0.05, 0.1) is 5.75 Å². The summed E-state index contributed by atoms with van der Waals surface area (Å²) in [6.07, 6.45) is 0. The van der Waals surface area contributed by atoms with Gasteiger partial charge in [-0.1, -0.05) is 23.9 Å². The van der Waals surface area contributed by atoms with Crippen molar-refractivity contribution in [2.24, 2.45) is 0 Å². The van der Waals surface area contributed by atoms with E-state index in [-0.39, 0.29) is 11.7 Å². The van der Waals surface area contributed by atoms with Crippen molar-refractivity contribution >= 4 is 29.1 Å². The number of anilines is 1. The van der Waals surface area contributed by atoms with Gasteiger partial charge in [0.2, 0.25) is 11.1 Å². The molecule has 0 aliphatic heterocycles. The van der Waals surface area contributed by atoms with Crippen molar-refractivity contribution in [3.05, 3.63) is 46.3 Å². The van der Waals surface area contributed by atoms with Crippen molar-refractivity contribution in [2.45, 2.75) is 39.8 Å². The fourth-order valence-electron chi connectivity index (χ4n) is 2.50. The lowest BCUT2D eigenvalue weighted by Gasteiger charge is -2.09. The van der Waals surface area contributed by atoms with Crippen LogP contribution in [0.25, 0.3) is 5.78 Å². The van der Waals surface area contributed by atoms with Crippen LogP contribution in [0.2, 0.25) is 0 Å². The maximum Gasteiger partial charge on any atom is 0.253 e. The first-order chi connectivity index (χ1) is 11.9. The molecule has 0 bridgehead atoms. The Kier molecular flexibility index (Phi) is 4.76. The van der Waals surface area contributed by atoms with Gasteiger partial charge in [0.15, 0.2) is 0 Å². The summed E-state index contributed by atoms with van der Waals surface area (Å²) in [6, 6.07) is 5.88. The zero-order valence-corrected chi connectivity index (χ0v) is 15.9. The molecule has 0 spiro atoms. The van der Waals surface area contributed by atoms with Crippen LogP contribution in [0.1, 0.15) is 28.1 Å². The molecule has 25 heavy (non-hydrogen) atoms. The number of rotatable bonds is 4. The molecule has 6 nitrogen and oxygen atoms in total. The molecule has 1 N–H and O–H groups in total. The zero-order valence-electron chi connectivity index (χ0n) is 15.0. The molecule has 7 heteroatoms. The van der Waals surface area contributed by atoms with Gasteiger partial charge in [-0.3, -0.25) is 4.79 Å². The molecule has 1 aromatic carbocycles. The fourth-order valence-corrected chi connectivity index (χ4v) is 3.12. The van der Waals surface area contributed by atoms with Gasteiger partial charge in [-0.05, 0) is 57.4 Å². The maximum absolute atomic E-state index is 12.2. The van der Waals surface area contributed by atoms with Crippen molar-refractivity contribution in [1.29, 1.82) is 0 Å². The Bertz CT molecular complexity index is 964. The van der Waals surface area contributed by atoms with Gasteiger partial charge in [0.25, 0.3) is 5.78 Å². The van der Waals surface area contributed by atoms with Gasteiger partial charge in [-0.25, -0.2) is 9.50 Å². The lowest BCUT2D eigenvalue weighted by atomic mass is 10.1. The van der Waals surface area contributed by atoms with E-state index in [1.54, 1.807) is 4.52 Å². The van der Waals surface area contributed by atoms with Crippen molar-refractivity contribution in [1.82, 2.24) is 19.6 Å². The number of aromatic nitrogens is 4. The third kappa shape index (κ3) is 3.51. The first-order valence-corrected chi connectivity index (χ1v) is 9.05. The predicted octanol–water partition coefficient (Wildman–Crippen LogP) is 3.40. The molecule has 0 atom stereocenters. The van der Waals surface area contributed by atoms with E-state index >= 15 is 0 Å². The van der Waals surface area contributed by atoms with Crippen LogP contribution in [0.15, 0.2) is 23.4 Å². The summed E-state index contributed by atoms with van der Waals surface area (Å²) >= 11 is 1.31. The summed E-state index contributed by atoms with van der Waals surface area (Å²) < 4.78 is 1.73. The summed E-state index contributed by atoms with van der Waals surface area (Å²) in [5.74, 6) is 0.744. The van der Waals surface area contributed by atoms with Gasteiger partial charge in [-0.15, -0.1) is 5.10 Å². The Labute approximate surface area is 151 Å². The van der Waals surface area contributed by atoms with Crippen molar-refractivity contribution in [3.63, 3.8) is 0 Å². The average molecular weight is 355 g/mol. The van der Waals surface area contributed by atoms with E-state index in [4.69, 9.17) is 0 Å². The summed E-state index contributed by atoms with van der Waals surface area (Å²) in [6.45, 7) is 10.00. The van der Waals surface area contributed by atoms with E-state index in [1.165, 1.54) is 11.8 Å². The van der Waals surface area contributed by atoms with Gasteiger partial charge >= 0.3 is 0 Å². The summed E-state index contributed by atoms with van der Waals surface area (Å²) in [5.41, 5.74) is 6.14. The van der Waals surface area contributed by atoms with E-state index < -0.39 is 0 Å². The summed E-state index contributed by atoms with van der Waals surface area (Å²) in [4.78, 5) is 21.1. The molecule has 2 heterocycles. The maximum atomic E-state index is 12.2. The van der Waals surface area contributed by atoms with Crippen LogP contribution in [0.3, 0.4) is 0 Å². The van der Waals surface area contributed by atoms with E-state index in [9.17, 15) is 4.79 Å². The molecule has 3 aromatic rings. The molecular formula is C18H21N5OS.